The summed E-state index contributed by atoms with van der Waals surface area (Å²) in [5, 5.41) is 7.96. The molecule has 0 saturated heterocycles. The van der Waals surface area contributed by atoms with Crippen LogP contribution >= 0.6 is 23.2 Å². The lowest BCUT2D eigenvalue weighted by Crippen LogP contribution is -2.09. The molecule has 6 heteroatoms. The Morgan fingerprint density at radius 2 is 2.05 bits per heavy atom. The van der Waals surface area contributed by atoms with Crippen LogP contribution in [0.4, 0.5) is 10.1 Å². The third-order valence-electron chi connectivity index (χ3n) is 2.90. The van der Waals surface area contributed by atoms with E-state index in [9.17, 15) is 4.39 Å². The molecule has 1 N–H and O–H groups in total. The molecule has 19 heavy (non-hydrogen) atoms. The van der Waals surface area contributed by atoms with Crippen molar-refractivity contribution < 1.29 is 4.39 Å². The minimum Gasteiger partial charge on any atom is -0.376 e. The van der Waals surface area contributed by atoms with Crippen molar-refractivity contribution in [2.75, 3.05) is 5.32 Å². The Kier molecular flexibility index (Phi) is 4.02. The number of halogens is 3. The summed E-state index contributed by atoms with van der Waals surface area (Å²) in [5.74, 6) is -0.474. The van der Waals surface area contributed by atoms with Crippen LogP contribution in [0.1, 0.15) is 24.2 Å². The molecule has 0 amide bonds. The molecule has 2 aromatic rings. The fraction of sp³-hybridized carbons (Fsp3) is 0.308. The van der Waals surface area contributed by atoms with Gasteiger partial charge in [0.05, 0.1) is 22.4 Å². The first-order valence-corrected chi connectivity index (χ1v) is 6.56. The van der Waals surface area contributed by atoms with E-state index in [4.69, 9.17) is 23.2 Å². The number of benzene rings is 1. The average molecular weight is 302 g/mol. The van der Waals surface area contributed by atoms with E-state index < -0.39 is 5.82 Å². The van der Waals surface area contributed by atoms with Gasteiger partial charge in [-0.15, -0.1) is 0 Å². The van der Waals surface area contributed by atoms with Crippen molar-refractivity contribution in [2.45, 2.75) is 19.9 Å². The molecule has 0 radical (unpaired) electrons. The maximum absolute atomic E-state index is 13.5. The number of nitrogens with zero attached hydrogens (tertiary/aromatic N) is 2. The number of aryl methyl sites for hydroxylation is 2. The van der Waals surface area contributed by atoms with Crippen molar-refractivity contribution in [2.24, 2.45) is 7.05 Å². The summed E-state index contributed by atoms with van der Waals surface area (Å²) in [6.07, 6.45) is 1.85. The van der Waals surface area contributed by atoms with Crippen molar-refractivity contribution in [1.82, 2.24) is 9.78 Å². The van der Waals surface area contributed by atoms with Gasteiger partial charge in [0, 0.05) is 23.8 Å². The third-order valence-corrected chi connectivity index (χ3v) is 3.61. The molecule has 2 rings (SSSR count). The van der Waals surface area contributed by atoms with E-state index in [0.717, 1.165) is 11.4 Å². The SMILES string of the molecule is Cc1nn(C)cc1NC(C)c1c(Cl)ccc(F)c1Cl. The van der Waals surface area contributed by atoms with E-state index in [1.165, 1.54) is 12.1 Å². The summed E-state index contributed by atoms with van der Waals surface area (Å²) in [5.41, 5.74) is 2.27. The normalized spacial score (nSPS) is 12.5. The van der Waals surface area contributed by atoms with Gasteiger partial charge in [-0.1, -0.05) is 23.2 Å². The van der Waals surface area contributed by atoms with E-state index in [1.807, 2.05) is 27.1 Å². The number of hydrogen-bond donors (Lipinski definition) is 1. The molecule has 1 unspecified atom stereocenters. The van der Waals surface area contributed by atoms with Crippen LogP contribution in [0.5, 0.6) is 0 Å². The summed E-state index contributed by atoms with van der Waals surface area (Å²) in [6, 6.07) is 2.54. The van der Waals surface area contributed by atoms with E-state index in [0.29, 0.717) is 10.6 Å². The van der Waals surface area contributed by atoms with E-state index in [-0.39, 0.29) is 11.1 Å². The summed E-state index contributed by atoms with van der Waals surface area (Å²) < 4.78 is 15.2. The largest absolute Gasteiger partial charge is 0.376 e. The van der Waals surface area contributed by atoms with Crippen LogP contribution in [0.3, 0.4) is 0 Å². The van der Waals surface area contributed by atoms with E-state index in [2.05, 4.69) is 10.4 Å². The highest BCUT2D eigenvalue weighted by Gasteiger charge is 2.18. The van der Waals surface area contributed by atoms with Crippen molar-refractivity contribution in [3.8, 4) is 0 Å². The molecule has 0 saturated carbocycles. The van der Waals surface area contributed by atoms with Crippen LogP contribution in [0.15, 0.2) is 18.3 Å². The monoisotopic (exact) mass is 301 g/mol. The first-order chi connectivity index (χ1) is 8.90. The molecule has 0 aliphatic carbocycles. The summed E-state index contributed by atoms with van der Waals surface area (Å²) in [7, 11) is 1.84. The molecule has 0 spiro atoms. The minimum atomic E-state index is -0.474. The smallest absolute Gasteiger partial charge is 0.142 e. The van der Waals surface area contributed by atoms with Gasteiger partial charge in [-0.05, 0) is 26.0 Å². The van der Waals surface area contributed by atoms with Crippen LogP contribution in [0.2, 0.25) is 10.0 Å². The van der Waals surface area contributed by atoms with Gasteiger partial charge in [0.2, 0.25) is 0 Å². The van der Waals surface area contributed by atoms with Crippen molar-refractivity contribution >= 4 is 28.9 Å². The fourth-order valence-corrected chi connectivity index (χ4v) is 2.68. The maximum atomic E-state index is 13.5. The standard InChI is InChI=1S/C13H14Cl2FN3/c1-7-11(6-19(3)18-7)17-8(2)12-9(14)4-5-10(16)13(12)15/h4-6,8,17H,1-3H3. The Bertz CT molecular complexity index is 610. The van der Waals surface area contributed by atoms with Crippen molar-refractivity contribution in [1.29, 1.82) is 0 Å². The summed E-state index contributed by atoms with van der Waals surface area (Å²) in [6.45, 7) is 3.77. The zero-order chi connectivity index (χ0) is 14.2. The minimum absolute atomic E-state index is 0.0500. The van der Waals surface area contributed by atoms with E-state index in [1.54, 1.807) is 4.68 Å². The van der Waals surface area contributed by atoms with Crippen LogP contribution < -0.4 is 5.32 Å². The van der Waals surface area contributed by atoms with Crippen molar-refractivity contribution in [3.63, 3.8) is 0 Å². The summed E-state index contributed by atoms with van der Waals surface area (Å²) in [4.78, 5) is 0. The Labute approximate surface area is 121 Å². The van der Waals surface area contributed by atoms with Gasteiger partial charge < -0.3 is 5.32 Å². The van der Waals surface area contributed by atoms with Crippen LogP contribution in [0.25, 0.3) is 0 Å². The lowest BCUT2D eigenvalue weighted by Gasteiger charge is -2.18. The second kappa shape index (κ2) is 5.39. The first-order valence-electron chi connectivity index (χ1n) is 5.80. The molecular weight excluding hydrogens is 288 g/mol. The second-order valence-corrected chi connectivity index (χ2v) is 5.21. The molecule has 1 aromatic heterocycles. The number of hydrogen-bond acceptors (Lipinski definition) is 2. The molecule has 0 aliphatic rings. The second-order valence-electron chi connectivity index (χ2n) is 4.42. The van der Waals surface area contributed by atoms with Crippen LogP contribution in [-0.2, 0) is 7.05 Å². The lowest BCUT2D eigenvalue weighted by molar-refractivity contribution is 0.624. The highest BCUT2D eigenvalue weighted by atomic mass is 35.5. The molecular formula is C13H14Cl2FN3. The van der Waals surface area contributed by atoms with Crippen LogP contribution in [-0.4, -0.2) is 9.78 Å². The topological polar surface area (TPSA) is 29.9 Å². The predicted octanol–water partition coefficient (Wildman–Crippen LogP) is 4.35. The quantitative estimate of drug-likeness (QED) is 0.854. The molecule has 1 aromatic carbocycles. The molecule has 0 aliphatic heterocycles. The maximum Gasteiger partial charge on any atom is 0.142 e. The van der Waals surface area contributed by atoms with Gasteiger partial charge in [0.15, 0.2) is 0 Å². The summed E-state index contributed by atoms with van der Waals surface area (Å²) >= 11 is 12.1. The highest BCUT2D eigenvalue weighted by Crippen LogP contribution is 2.34. The molecule has 3 nitrogen and oxygen atoms in total. The Morgan fingerprint density at radius 1 is 1.37 bits per heavy atom. The number of aromatic nitrogens is 2. The first kappa shape index (κ1) is 14.2. The van der Waals surface area contributed by atoms with Gasteiger partial charge in [-0.2, -0.15) is 5.10 Å². The van der Waals surface area contributed by atoms with Gasteiger partial charge in [-0.25, -0.2) is 4.39 Å². The highest BCUT2D eigenvalue weighted by molar-refractivity contribution is 6.36. The molecule has 0 fully saturated rings. The number of anilines is 1. The Hall–Kier alpha value is -1.26. The van der Waals surface area contributed by atoms with Gasteiger partial charge in [-0.3, -0.25) is 4.68 Å². The number of nitrogens with one attached hydrogen (secondary N) is 1. The zero-order valence-corrected chi connectivity index (χ0v) is 12.3. The Balaban J connectivity index is 2.32. The number of rotatable bonds is 3. The lowest BCUT2D eigenvalue weighted by atomic mass is 10.1. The molecule has 0 bridgehead atoms. The fourth-order valence-electron chi connectivity index (χ4n) is 1.99. The molecule has 102 valence electrons. The van der Waals surface area contributed by atoms with Gasteiger partial charge in [0.1, 0.15) is 5.82 Å². The van der Waals surface area contributed by atoms with Gasteiger partial charge in [0.25, 0.3) is 0 Å². The van der Waals surface area contributed by atoms with Gasteiger partial charge >= 0.3 is 0 Å². The molecule has 1 heterocycles. The van der Waals surface area contributed by atoms with Crippen molar-refractivity contribution in [3.05, 3.63) is 45.4 Å². The average Bonchev–Trinajstić information content (AvgIpc) is 2.63. The third kappa shape index (κ3) is 2.85. The predicted molar refractivity (Wildman–Crippen MR) is 76.4 cm³/mol. The molecule has 1 atom stereocenters. The Morgan fingerprint density at radius 3 is 2.63 bits per heavy atom. The van der Waals surface area contributed by atoms with Crippen LogP contribution in [0, 0.1) is 12.7 Å². The zero-order valence-electron chi connectivity index (χ0n) is 10.8. The van der Waals surface area contributed by atoms with E-state index >= 15 is 0 Å².